The zero-order chi connectivity index (χ0) is 14.0. The largest absolute Gasteiger partial charge is 0.355 e. The molecule has 2 atom stereocenters. The zero-order valence-corrected chi connectivity index (χ0v) is 12.6. The maximum atomic E-state index is 11.8. The normalized spacial score (nSPS) is 22.0. The molecule has 3 N–H and O–H groups in total. The van der Waals surface area contributed by atoms with Crippen molar-refractivity contribution in [2.45, 2.75) is 12.3 Å². The molecule has 2 rings (SSSR count). The summed E-state index contributed by atoms with van der Waals surface area (Å²) in [6, 6.07) is 7.81. The van der Waals surface area contributed by atoms with Gasteiger partial charge in [0.15, 0.2) is 0 Å². The lowest BCUT2D eigenvalue weighted by Gasteiger charge is -2.05. The Hall–Kier alpha value is -0.920. The first kappa shape index (κ1) is 14.5. The highest BCUT2D eigenvalue weighted by Gasteiger charge is 2.44. The van der Waals surface area contributed by atoms with E-state index < -0.39 is 10.0 Å². The Bertz CT molecular complexity index is 588. The summed E-state index contributed by atoms with van der Waals surface area (Å²) in [6.45, 7) is 0.0663. The second-order valence-corrected chi connectivity index (χ2v) is 7.22. The van der Waals surface area contributed by atoms with Crippen LogP contribution in [0.4, 0.5) is 0 Å². The molecule has 1 aromatic rings. The van der Waals surface area contributed by atoms with E-state index in [0.29, 0.717) is 0 Å². The van der Waals surface area contributed by atoms with Gasteiger partial charge in [-0.3, -0.25) is 4.79 Å². The van der Waals surface area contributed by atoms with Crippen LogP contribution in [0.15, 0.2) is 28.7 Å². The molecule has 0 aromatic heterocycles. The molecule has 2 unspecified atom stereocenters. The Morgan fingerprint density at radius 2 is 2.11 bits per heavy atom. The third-order valence-electron chi connectivity index (χ3n) is 3.12. The lowest BCUT2D eigenvalue weighted by atomic mass is 10.1. The summed E-state index contributed by atoms with van der Waals surface area (Å²) in [7, 11) is -3.52. The lowest BCUT2D eigenvalue weighted by molar-refractivity contribution is -0.122. The molecule has 104 valence electrons. The number of hydrogen-bond donors (Lipinski definition) is 2. The summed E-state index contributed by atoms with van der Waals surface area (Å²) < 4.78 is 22.5. The summed E-state index contributed by atoms with van der Waals surface area (Å²) in [5.74, 6) is -0.195. The molecule has 1 aliphatic carbocycles. The molecule has 1 fully saturated rings. The van der Waals surface area contributed by atoms with Gasteiger partial charge in [0.1, 0.15) is 0 Å². The van der Waals surface area contributed by atoms with Crippen molar-refractivity contribution >= 4 is 31.9 Å². The van der Waals surface area contributed by atoms with E-state index in [2.05, 4.69) is 21.2 Å². The number of benzene rings is 1. The molecule has 7 heteroatoms. The van der Waals surface area contributed by atoms with E-state index in [1.165, 1.54) is 0 Å². The summed E-state index contributed by atoms with van der Waals surface area (Å²) in [4.78, 5) is 11.8. The Balaban J connectivity index is 1.86. The van der Waals surface area contributed by atoms with E-state index in [-0.39, 0.29) is 30.0 Å². The van der Waals surface area contributed by atoms with E-state index in [4.69, 9.17) is 5.14 Å². The number of nitrogens with one attached hydrogen (secondary N) is 1. The number of halogens is 1. The van der Waals surface area contributed by atoms with E-state index in [1.807, 2.05) is 24.3 Å². The van der Waals surface area contributed by atoms with Crippen LogP contribution < -0.4 is 10.5 Å². The Kier molecular flexibility index (Phi) is 4.27. The van der Waals surface area contributed by atoms with Gasteiger partial charge in [-0.2, -0.15) is 0 Å². The highest BCUT2D eigenvalue weighted by Crippen LogP contribution is 2.49. The summed E-state index contributed by atoms with van der Waals surface area (Å²) in [5.41, 5.74) is 1.12. The predicted octanol–water partition coefficient (Wildman–Crippen LogP) is 0.957. The molecule has 1 saturated carbocycles. The Morgan fingerprint density at radius 3 is 2.74 bits per heavy atom. The van der Waals surface area contributed by atoms with E-state index in [1.54, 1.807) is 0 Å². The SMILES string of the molecule is NS(=O)(=O)CCNC(=O)C1CC1c1ccccc1Br. The molecule has 19 heavy (non-hydrogen) atoms. The number of sulfonamides is 1. The molecule has 5 nitrogen and oxygen atoms in total. The fraction of sp³-hybridized carbons (Fsp3) is 0.417. The summed E-state index contributed by atoms with van der Waals surface area (Å²) >= 11 is 3.46. The predicted molar refractivity (Wildman–Crippen MR) is 76.0 cm³/mol. The summed E-state index contributed by atoms with van der Waals surface area (Å²) in [5, 5.41) is 7.47. The van der Waals surface area contributed by atoms with Crippen LogP contribution in [-0.2, 0) is 14.8 Å². The van der Waals surface area contributed by atoms with Crippen LogP contribution in [0.1, 0.15) is 17.9 Å². The van der Waals surface area contributed by atoms with Crippen LogP contribution in [0, 0.1) is 5.92 Å². The molecule has 0 bridgehead atoms. The van der Waals surface area contributed by atoms with E-state index in [9.17, 15) is 13.2 Å². The van der Waals surface area contributed by atoms with Gasteiger partial charge < -0.3 is 5.32 Å². The molecule has 0 aliphatic heterocycles. The number of primary sulfonamides is 1. The van der Waals surface area contributed by atoms with Crippen molar-refractivity contribution in [1.29, 1.82) is 0 Å². The topological polar surface area (TPSA) is 89.3 Å². The second-order valence-electron chi connectivity index (χ2n) is 4.63. The van der Waals surface area contributed by atoms with Gasteiger partial charge in [-0.05, 0) is 24.0 Å². The molecule has 1 amide bonds. The van der Waals surface area contributed by atoms with Gasteiger partial charge in [-0.1, -0.05) is 34.1 Å². The van der Waals surface area contributed by atoms with Crippen molar-refractivity contribution < 1.29 is 13.2 Å². The van der Waals surface area contributed by atoms with Gasteiger partial charge in [-0.15, -0.1) is 0 Å². The molecule has 0 saturated heterocycles. The molecule has 0 heterocycles. The fourth-order valence-electron chi connectivity index (χ4n) is 2.05. The Morgan fingerprint density at radius 1 is 1.42 bits per heavy atom. The molecule has 1 aliphatic rings. The third-order valence-corrected chi connectivity index (χ3v) is 4.61. The first-order valence-electron chi connectivity index (χ1n) is 5.91. The second kappa shape index (κ2) is 5.60. The molecular formula is C12H15BrN2O3S. The van der Waals surface area contributed by atoms with Gasteiger partial charge >= 0.3 is 0 Å². The van der Waals surface area contributed by atoms with Crippen LogP contribution in [0.3, 0.4) is 0 Å². The highest BCUT2D eigenvalue weighted by molar-refractivity contribution is 9.10. The van der Waals surface area contributed by atoms with Crippen molar-refractivity contribution in [1.82, 2.24) is 5.32 Å². The van der Waals surface area contributed by atoms with E-state index >= 15 is 0 Å². The number of carbonyl (C=O) groups excluding carboxylic acids is 1. The molecule has 1 aromatic carbocycles. The van der Waals surface area contributed by atoms with Crippen LogP contribution in [-0.4, -0.2) is 26.6 Å². The fourth-order valence-corrected chi connectivity index (χ4v) is 3.02. The summed E-state index contributed by atoms with van der Waals surface area (Å²) in [6.07, 6.45) is 0.795. The smallest absolute Gasteiger partial charge is 0.223 e. The first-order valence-corrected chi connectivity index (χ1v) is 8.42. The van der Waals surface area contributed by atoms with Gasteiger partial charge in [0, 0.05) is 16.9 Å². The third kappa shape index (κ3) is 4.02. The number of rotatable bonds is 5. The number of carbonyl (C=O) groups is 1. The van der Waals surface area contributed by atoms with Crippen LogP contribution >= 0.6 is 15.9 Å². The molecule has 0 radical (unpaired) electrons. The average Bonchev–Trinajstić information content (AvgIpc) is 3.07. The van der Waals surface area contributed by atoms with Crippen LogP contribution in [0.2, 0.25) is 0 Å². The number of nitrogens with two attached hydrogens (primary N) is 1. The maximum absolute atomic E-state index is 11.8. The van der Waals surface area contributed by atoms with Crippen molar-refractivity contribution in [2.24, 2.45) is 11.1 Å². The highest BCUT2D eigenvalue weighted by atomic mass is 79.9. The van der Waals surface area contributed by atoms with Crippen LogP contribution in [0.25, 0.3) is 0 Å². The minimum absolute atomic E-state index is 0.0663. The monoisotopic (exact) mass is 346 g/mol. The zero-order valence-electron chi connectivity index (χ0n) is 10.2. The molecule has 0 spiro atoms. The van der Waals surface area contributed by atoms with E-state index in [0.717, 1.165) is 16.5 Å². The van der Waals surface area contributed by atoms with Crippen LogP contribution in [0.5, 0.6) is 0 Å². The van der Waals surface area contributed by atoms with Crippen molar-refractivity contribution in [3.8, 4) is 0 Å². The lowest BCUT2D eigenvalue weighted by Crippen LogP contribution is -2.32. The Labute approximate surface area is 120 Å². The van der Waals surface area contributed by atoms with Gasteiger partial charge in [0.25, 0.3) is 0 Å². The molecular weight excluding hydrogens is 332 g/mol. The quantitative estimate of drug-likeness (QED) is 0.831. The minimum Gasteiger partial charge on any atom is -0.355 e. The van der Waals surface area contributed by atoms with Crippen molar-refractivity contribution in [3.63, 3.8) is 0 Å². The first-order chi connectivity index (χ1) is 8.88. The van der Waals surface area contributed by atoms with Gasteiger partial charge in [0.05, 0.1) is 5.75 Å². The minimum atomic E-state index is -3.52. The number of hydrogen-bond acceptors (Lipinski definition) is 3. The average molecular weight is 347 g/mol. The van der Waals surface area contributed by atoms with Gasteiger partial charge in [0.2, 0.25) is 15.9 Å². The number of amides is 1. The van der Waals surface area contributed by atoms with Gasteiger partial charge in [-0.25, -0.2) is 13.6 Å². The standard InChI is InChI=1S/C12H15BrN2O3S/c13-11-4-2-1-3-8(11)9-7-10(9)12(16)15-5-6-19(14,17)18/h1-4,9-10H,5-7H2,(H,15,16)(H2,14,17,18). The van der Waals surface area contributed by atoms with Crippen molar-refractivity contribution in [2.75, 3.05) is 12.3 Å². The maximum Gasteiger partial charge on any atom is 0.223 e. The van der Waals surface area contributed by atoms with Crippen molar-refractivity contribution in [3.05, 3.63) is 34.3 Å².